The van der Waals surface area contributed by atoms with Crippen LogP contribution in [0.3, 0.4) is 0 Å². The first kappa shape index (κ1) is 22.6. The van der Waals surface area contributed by atoms with E-state index in [0.29, 0.717) is 28.0 Å². The third kappa shape index (κ3) is 4.22. The van der Waals surface area contributed by atoms with Crippen LogP contribution in [-0.2, 0) is 0 Å². The fourth-order valence-corrected chi connectivity index (χ4v) is 4.00. The number of benzene rings is 1. The molecule has 0 spiro atoms. The number of aromatic nitrogens is 3. The van der Waals surface area contributed by atoms with Crippen molar-refractivity contribution in [1.82, 2.24) is 14.8 Å². The van der Waals surface area contributed by atoms with Crippen molar-refractivity contribution < 1.29 is 4.42 Å². The summed E-state index contributed by atoms with van der Waals surface area (Å²) in [5.74, 6) is 0.502. The summed E-state index contributed by atoms with van der Waals surface area (Å²) in [6.07, 6.45) is 3.60. The number of nitrogens with zero attached hydrogens (tertiary/aromatic N) is 4. The number of nitriles is 1. The summed E-state index contributed by atoms with van der Waals surface area (Å²) in [5.41, 5.74) is 4.21. The van der Waals surface area contributed by atoms with Gasteiger partial charge in [0.05, 0.1) is 28.9 Å². The number of rotatable bonds is 5. The van der Waals surface area contributed by atoms with Crippen LogP contribution < -0.4 is 10.7 Å². The summed E-state index contributed by atoms with van der Waals surface area (Å²) in [6, 6.07) is 9.14. The van der Waals surface area contributed by atoms with Crippen molar-refractivity contribution in [2.45, 2.75) is 46.7 Å². The highest BCUT2D eigenvalue weighted by molar-refractivity contribution is 6.29. The topological polar surface area (TPSA) is 96.7 Å². The molecule has 1 N–H and O–H groups in total. The Bertz CT molecular complexity index is 1460. The second kappa shape index (κ2) is 8.72. The summed E-state index contributed by atoms with van der Waals surface area (Å²) in [5, 5.41) is 17.9. The van der Waals surface area contributed by atoms with E-state index >= 15 is 0 Å². The van der Waals surface area contributed by atoms with Crippen LogP contribution in [0.4, 0.5) is 5.69 Å². The van der Waals surface area contributed by atoms with E-state index in [-0.39, 0.29) is 28.4 Å². The van der Waals surface area contributed by atoms with E-state index in [2.05, 4.69) is 21.5 Å². The highest BCUT2D eigenvalue weighted by Crippen LogP contribution is 2.32. The molecule has 0 aliphatic heterocycles. The number of fused-ring (bicyclic) bond motifs is 1. The van der Waals surface area contributed by atoms with Crippen molar-refractivity contribution in [1.29, 1.82) is 5.26 Å². The molecule has 0 fully saturated rings. The maximum absolute atomic E-state index is 13.3. The molecular weight excluding hydrogens is 438 g/mol. The van der Waals surface area contributed by atoms with Crippen molar-refractivity contribution in [2.24, 2.45) is 0 Å². The standard InChI is InChI=1S/C25H24ClN5O2/c1-13(2)31-12-17(11-28-31)24-15(4)23(32)19-9-14(3)8-18(25(19)33-24)16(5)29-20-6-7-22(26)30-21(20)10-27/h6-9,11-13,16,29H,1-5H3/t16-/m1/s1. The quantitative estimate of drug-likeness (QED) is 0.369. The number of aryl methyl sites for hydroxylation is 1. The molecule has 0 saturated heterocycles. The monoisotopic (exact) mass is 461 g/mol. The summed E-state index contributed by atoms with van der Waals surface area (Å²) in [4.78, 5) is 17.4. The molecule has 4 aromatic rings. The van der Waals surface area contributed by atoms with E-state index in [4.69, 9.17) is 16.0 Å². The van der Waals surface area contributed by atoms with Gasteiger partial charge in [-0.25, -0.2) is 4.98 Å². The molecular formula is C25H24ClN5O2. The average molecular weight is 462 g/mol. The molecule has 0 saturated carbocycles. The van der Waals surface area contributed by atoms with Gasteiger partial charge in [-0.3, -0.25) is 9.48 Å². The van der Waals surface area contributed by atoms with E-state index in [1.807, 2.05) is 50.7 Å². The number of anilines is 1. The number of halogens is 1. The molecule has 1 atom stereocenters. The van der Waals surface area contributed by atoms with Crippen molar-refractivity contribution in [3.05, 3.63) is 74.4 Å². The normalized spacial score (nSPS) is 12.2. The number of pyridine rings is 1. The predicted octanol–water partition coefficient (Wildman–Crippen LogP) is 5.95. The Hall–Kier alpha value is -3.63. The first-order valence-electron chi connectivity index (χ1n) is 10.6. The van der Waals surface area contributed by atoms with E-state index < -0.39 is 0 Å². The van der Waals surface area contributed by atoms with Gasteiger partial charge < -0.3 is 9.73 Å². The third-order valence-corrected chi connectivity index (χ3v) is 5.80. The Labute approximate surface area is 196 Å². The van der Waals surface area contributed by atoms with E-state index in [1.165, 1.54) is 0 Å². The smallest absolute Gasteiger partial charge is 0.196 e. The highest BCUT2D eigenvalue weighted by Gasteiger charge is 2.20. The molecule has 4 rings (SSSR count). The molecule has 1 aromatic carbocycles. The molecule has 0 aliphatic rings. The molecule has 0 unspecified atom stereocenters. The molecule has 0 amide bonds. The van der Waals surface area contributed by atoms with Gasteiger partial charge in [-0.2, -0.15) is 10.4 Å². The fourth-order valence-electron chi connectivity index (χ4n) is 3.85. The summed E-state index contributed by atoms with van der Waals surface area (Å²) < 4.78 is 8.21. The third-order valence-electron chi connectivity index (χ3n) is 5.59. The van der Waals surface area contributed by atoms with Crippen LogP contribution in [0, 0.1) is 25.2 Å². The molecule has 0 radical (unpaired) electrons. The minimum atomic E-state index is -0.278. The maximum Gasteiger partial charge on any atom is 0.196 e. The Morgan fingerprint density at radius 2 is 1.97 bits per heavy atom. The van der Waals surface area contributed by atoms with Gasteiger partial charge in [0.2, 0.25) is 0 Å². The second-order valence-corrected chi connectivity index (χ2v) is 8.81. The zero-order chi connectivity index (χ0) is 23.9. The minimum absolute atomic E-state index is 0.0772. The highest BCUT2D eigenvalue weighted by atomic mass is 35.5. The van der Waals surface area contributed by atoms with Gasteiger partial charge in [0.15, 0.2) is 11.1 Å². The summed E-state index contributed by atoms with van der Waals surface area (Å²) >= 11 is 5.93. The van der Waals surface area contributed by atoms with Crippen molar-refractivity contribution in [3.63, 3.8) is 0 Å². The second-order valence-electron chi connectivity index (χ2n) is 8.43. The lowest BCUT2D eigenvalue weighted by Crippen LogP contribution is -2.13. The lowest BCUT2D eigenvalue weighted by molar-refractivity contribution is 0.532. The molecule has 0 bridgehead atoms. The number of nitrogens with one attached hydrogen (secondary N) is 1. The fraction of sp³-hybridized carbons (Fsp3) is 0.280. The average Bonchev–Trinajstić information content (AvgIpc) is 3.27. The van der Waals surface area contributed by atoms with Crippen LogP contribution >= 0.6 is 11.6 Å². The zero-order valence-corrected chi connectivity index (χ0v) is 19.9. The molecule has 33 heavy (non-hydrogen) atoms. The SMILES string of the molecule is Cc1cc([C@@H](C)Nc2ccc(Cl)nc2C#N)c2oc(-c3cnn(C(C)C)c3)c(C)c(=O)c2c1. The molecule has 3 heterocycles. The molecule has 8 heteroatoms. The summed E-state index contributed by atoms with van der Waals surface area (Å²) in [6.45, 7) is 9.73. The van der Waals surface area contributed by atoms with Crippen molar-refractivity contribution in [3.8, 4) is 17.4 Å². The van der Waals surface area contributed by atoms with E-state index in [1.54, 1.807) is 25.3 Å². The van der Waals surface area contributed by atoms with Crippen molar-refractivity contribution in [2.75, 3.05) is 5.32 Å². The van der Waals surface area contributed by atoms with Gasteiger partial charge in [-0.05, 0) is 58.4 Å². The van der Waals surface area contributed by atoms with Gasteiger partial charge in [-0.1, -0.05) is 17.7 Å². The van der Waals surface area contributed by atoms with Gasteiger partial charge in [0.1, 0.15) is 22.6 Å². The first-order valence-corrected chi connectivity index (χ1v) is 11.0. The lowest BCUT2D eigenvalue weighted by Gasteiger charge is -2.19. The van der Waals surface area contributed by atoms with Crippen LogP contribution in [0.25, 0.3) is 22.3 Å². The summed E-state index contributed by atoms with van der Waals surface area (Å²) in [7, 11) is 0. The minimum Gasteiger partial charge on any atom is -0.455 e. The van der Waals surface area contributed by atoms with E-state index in [9.17, 15) is 10.1 Å². The van der Waals surface area contributed by atoms with Gasteiger partial charge in [0.25, 0.3) is 0 Å². The Morgan fingerprint density at radius 3 is 2.64 bits per heavy atom. The number of hydrogen-bond donors (Lipinski definition) is 1. The Balaban J connectivity index is 1.87. The molecule has 168 valence electrons. The van der Waals surface area contributed by atoms with Crippen molar-refractivity contribution >= 4 is 28.3 Å². The van der Waals surface area contributed by atoms with Crippen LogP contribution in [0.1, 0.15) is 55.2 Å². The van der Waals surface area contributed by atoms with Crippen LogP contribution in [0.2, 0.25) is 5.15 Å². The number of hydrogen-bond acceptors (Lipinski definition) is 6. The predicted molar refractivity (Wildman–Crippen MR) is 130 cm³/mol. The van der Waals surface area contributed by atoms with Crippen LogP contribution in [-0.4, -0.2) is 14.8 Å². The van der Waals surface area contributed by atoms with E-state index in [0.717, 1.165) is 16.7 Å². The van der Waals surface area contributed by atoms with Gasteiger partial charge in [0, 0.05) is 23.4 Å². The van der Waals surface area contributed by atoms with Gasteiger partial charge in [-0.15, -0.1) is 0 Å². The van der Waals surface area contributed by atoms with Crippen LogP contribution in [0.15, 0.2) is 45.9 Å². The lowest BCUT2D eigenvalue weighted by atomic mass is 9.99. The Morgan fingerprint density at radius 1 is 1.21 bits per heavy atom. The first-order chi connectivity index (χ1) is 15.7. The molecule has 0 aliphatic carbocycles. The maximum atomic E-state index is 13.3. The zero-order valence-electron chi connectivity index (χ0n) is 19.1. The van der Waals surface area contributed by atoms with Crippen LogP contribution in [0.5, 0.6) is 0 Å². The largest absolute Gasteiger partial charge is 0.455 e. The molecule has 3 aromatic heterocycles. The molecule has 7 nitrogen and oxygen atoms in total. The Kier molecular flexibility index (Phi) is 5.96. The van der Waals surface area contributed by atoms with Gasteiger partial charge >= 0.3 is 0 Å².